The molecule has 2 heterocycles. The topological polar surface area (TPSA) is 75.6 Å². The second-order valence-electron chi connectivity index (χ2n) is 3.51. The number of carboxylic acids is 1. The molecule has 1 saturated heterocycles. The van der Waals surface area contributed by atoms with Crippen LogP contribution in [0.15, 0.2) is 0 Å². The summed E-state index contributed by atoms with van der Waals surface area (Å²) in [7, 11) is 1.41. The summed E-state index contributed by atoms with van der Waals surface area (Å²) >= 11 is 6.91. The van der Waals surface area contributed by atoms with E-state index in [1.165, 1.54) is 18.4 Å². The van der Waals surface area contributed by atoms with Gasteiger partial charge in [-0.3, -0.25) is 0 Å². The van der Waals surface area contributed by atoms with Crippen LogP contribution in [0.5, 0.6) is 0 Å². The van der Waals surface area contributed by atoms with Crippen molar-refractivity contribution in [2.75, 3.05) is 25.1 Å². The van der Waals surface area contributed by atoms with E-state index in [0.29, 0.717) is 22.6 Å². The van der Waals surface area contributed by atoms with Crippen molar-refractivity contribution in [2.45, 2.75) is 12.0 Å². The maximum atomic E-state index is 11.1. The van der Waals surface area contributed by atoms with Gasteiger partial charge in [0.25, 0.3) is 0 Å². The van der Waals surface area contributed by atoms with Crippen molar-refractivity contribution in [3.8, 4) is 0 Å². The van der Waals surface area contributed by atoms with Crippen LogP contribution in [0.4, 0.5) is 5.13 Å². The highest BCUT2D eigenvalue weighted by molar-refractivity contribution is 7.19. The van der Waals surface area contributed by atoms with Gasteiger partial charge in [-0.15, -0.1) is 10.2 Å². The van der Waals surface area contributed by atoms with Crippen LogP contribution in [0.25, 0.3) is 0 Å². The molecule has 1 aliphatic rings. The van der Waals surface area contributed by atoms with Crippen LogP contribution in [0.2, 0.25) is 4.47 Å². The summed E-state index contributed by atoms with van der Waals surface area (Å²) in [6, 6.07) is 0. The zero-order chi connectivity index (χ0) is 11.8. The van der Waals surface area contributed by atoms with Crippen LogP contribution >= 0.6 is 22.9 Å². The molecule has 6 nitrogen and oxygen atoms in total. The standard InChI is InChI=1S/C8H10ClN3O3S/c1-15-8(5(13)14)2-3-12(4-8)7-11-10-6(9)16-7/h2-4H2,1H3,(H,13,14). The predicted molar refractivity (Wildman–Crippen MR) is 59.1 cm³/mol. The van der Waals surface area contributed by atoms with Crippen LogP contribution < -0.4 is 4.90 Å². The molecule has 1 aromatic heterocycles. The highest BCUT2D eigenvalue weighted by Gasteiger charge is 2.46. The largest absolute Gasteiger partial charge is 0.479 e. The molecule has 8 heteroatoms. The second-order valence-corrected chi connectivity index (χ2v) is 5.05. The van der Waals surface area contributed by atoms with Gasteiger partial charge >= 0.3 is 5.97 Å². The van der Waals surface area contributed by atoms with E-state index in [4.69, 9.17) is 21.4 Å². The van der Waals surface area contributed by atoms with E-state index in [1.54, 1.807) is 0 Å². The average molecular weight is 264 g/mol. The number of hydrogen-bond acceptors (Lipinski definition) is 6. The summed E-state index contributed by atoms with van der Waals surface area (Å²) in [4.78, 5) is 12.9. The van der Waals surface area contributed by atoms with Crippen molar-refractivity contribution in [2.24, 2.45) is 0 Å². The number of ether oxygens (including phenoxy) is 1. The van der Waals surface area contributed by atoms with Crippen LogP contribution in [0.3, 0.4) is 0 Å². The van der Waals surface area contributed by atoms with E-state index < -0.39 is 11.6 Å². The first-order valence-electron chi connectivity index (χ1n) is 4.60. The number of aliphatic carboxylic acids is 1. The summed E-state index contributed by atoms with van der Waals surface area (Å²) in [5.41, 5.74) is -1.14. The molecule has 1 fully saturated rings. The Morgan fingerprint density at radius 3 is 2.88 bits per heavy atom. The van der Waals surface area contributed by atoms with Crippen molar-refractivity contribution in [1.29, 1.82) is 0 Å². The van der Waals surface area contributed by atoms with Crippen LogP contribution in [0, 0.1) is 0 Å². The van der Waals surface area contributed by atoms with Gasteiger partial charge in [0.05, 0.1) is 6.54 Å². The number of methoxy groups -OCH3 is 1. The van der Waals surface area contributed by atoms with Gasteiger partial charge in [-0.2, -0.15) is 0 Å². The average Bonchev–Trinajstić information content (AvgIpc) is 2.84. The third-order valence-electron chi connectivity index (χ3n) is 2.67. The number of carboxylic acid groups (broad SMARTS) is 1. The molecule has 1 atom stereocenters. The van der Waals surface area contributed by atoms with Crippen molar-refractivity contribution in [3.63, 3.8) is 0 Å². The number of rotatable bonds is 3. The Balaban J connectivity index is 2.16. The third kappa shape index (κ3) is 1.85. The van der Waals surface area contributed by atoms with E-state index in [9.17, 15) is 4.79 Å². The van der Waals surface area contributed by atoms with Crippen molar-refractivity contribution in [3.05, 3.63) is 4.47 Å². The Hall–Kier alpha value is -0.920. The Morgan fingerprint density at radius 2 is 2.44 bits per heavy atom. The fraction of sp³-hybridized carbons (Fsp3) is 0.625. The molecule has 2 rings (SSSR count). The van der Waals surface area contributed by atoms with E-state index >= 15 is 0 Å². The lowest BCUT2D eigenvalue weighted by Gasteiger charge is -2.22. The maximum Gasteiger partial charge on any atom is 0.337 e. The summed E-state index contributed by atoms with van der Waals surface area (Å²) < 4.78 is 5.45. The van der Waals surface area contributed by atoms with Gasteiger partial charge in [0.2, 0.25) is 9.60 Å². The molecule has 16 heavy (non-hydrogen) atoms. The SMILES string of the molecule is COC1(C(=O)O)CCN(c2nnc(Cl)s2)C1. The number of carbonyl (C=O) groups is 1. The van der Waals surface area contributed by atoms with E-state index in [2.05, 4.69) is 10.2 Å². The predicted octanol–water partition coefficient (Wildman–Crippen LogP) is 0.871. The first-order valence-corrected chi connectivity index (χ1v) is 5.79. The smallest absolute Gasteiger partial charge is 0.337 e. The van der Waals surface area contributed by atoms with Crippen molar-refractivity contribution in [1.82, 2.24) is 10.2 Å². The fourth-order valence-corrected chi connectivity index (χ4v) is 2.54. The molecule has 88 valence electrons. The summed E-state index contributed by atoms with van der Waals surface area (Å²) in [6.07, 6.45) is 0.427. The molecule has 1 N–H and O–H groups in total. The lowest BCUT2D eigenvalue weighted by atomic mass is 10.0. The van der Waals surface area contributed by atoms with E-state index in [-0.39, 0.29) is 6.54 Å². The van der Waals surface area contributed by atoms with E-state index in [0.717, 1.165) is 0 Å². The highest BCUT2D eigenvalue weighted by Crippen LogP contribution is 2.32. The molecule has 0 amide bonds. The molecule has 0 spiro atoms. The Kier molecular flexibility index (Phi) is 3.00. The first-order chi connectivity index (χ1) is 7.57. The molecule has 0 aliphatic carbocycles. The highest BCUT2D eigenvalue weighted by atomic mass is 35.5. The maximum absolute atomic E-state index is 11.1. The minimum absolute atomic E-state index is 0.268. The van der Waals surface area contributed by atoms with Gasteiger partial charge in [-0.25, -0.2) is 4.79 Å². The number of aromatic nitrogens is 2. The summed E-state index contributed by atoms with van der Waals surface area (Å²) in [6.45, 7) is 0.843. The Labute approximate surface area is 101 Å². The van der Waals surface area contributed by atoms with Crippen molar-refractivity contribution < 1.29 is 14.6 Å². The Morgan fingerprint density at radius 1 is 1.69 bits per heavy atom. The van der Waals surface area contributed by atoms with Crippen LogP contribution in [-0.4, -0.2) is 47.1 Å². The third-order valence-corrected chi connectivity index (χ3v) is 3.75. The van der Waals surface area contributed by atoms with Gasteiger partial charge in [-0.05, 0) is 11.6 Å². The monoisotopic (exact) mass is 263 g/mol. The first kappa shape index (κ1) is 11.6. The van der Waals surface area contributed by atoms with E-state index in [1.807, 2.05) is 4.90 Å². The molecular weight excluding hydrogens is 254 g/mol. The zero-order valence-electron chi connectivity index (χ0n) is 8.51. The quantitative estimate of drug-likeness (QED) is 0.872. The lowest BCUT2D eigenvalue weighted by molar-refractivity contribution is -0.159. The Bertz CT molecular complexity index is 413. The minimum atomic E-state index is -1.14. The normalized spacial score (nSPS) is 25.0. The molecule has 1 aromatic rings. The zero-order valence-corrected chi connectivity index (χ0v) is 10.1. The molecule has 0 saturated carbocycles. The molecular formula is C8H10ClN3O3S. The molecule has 0 bridgehead atoms. The molecule has 0 radical (unpaired) electrons. The van der Waals surface area contributed by atoms with Gasteiger partial charge in [0.15, 0.2) is 5.60 Å². The number of anilines is 1. The van der Waals surface area contributed by atoms with Gasteiger partial charge in [0.1, 0.15) is 0 Å². The lowest BCUT2D eigenvalue weighted by Crippen LogP contribution is -2.43. The number of hydrogen-bond donors (Lipinski definition) is 1. The second kappa shape index (κ2) is 4.15. The van der Waals surface area contributed by atoms with Crippen molar-refractivity contribution >= 4 is 34.0 Å². The number of halogens is 1. The fourth-order valence-electron chi connectivity index (χ4n) is 1.70. The van der Waals surface area contributed by atoms with Gasteiger partial charge in [0, 0.05) is 20.1 Å². The molecule has 0 aromatic carbocycles. The van der Waals surface area contributed by atoms with Crippen LogP contribution in [0.1, 0.15) is 6.42 Å². The molecule has 1 aliphatic heterocycles. The minimum Gasteiger partial charge on any atom is -0.479 e. The summed E-state index contributed by atoms with van der Waals surface area (Å²) in [5.74, 6) is -0.951. The van der Waals surface area contributed by atoms with Gasteiger partial charge in [-0.1, -0.05) is 11.3 Å². The van der Waals surface area contributed by atoms with Gasteiger partial charge < -0.3 is 14.7 Å². The number of nitrogens with zero attached hydrogens (tertiary/aromatic N) is 3. The summed E-state index contributed by atoms with van der Waals surface area (Å²) in [5, 5.41) is 17.3. The van der Waals surface area contributed by atoms with Crippen LogP contribution in [-0.2, 0) is 9.53 Å². The molecule has 1 unspecified atom stereocenters.